The molecule has 0 aliphatic carbocycles. The molecule has 0 amide bonds. The van der Waals surface area contributed by atoms with Crippen LogP contribution in [0.4, 0.5) is 13.2 Å². The molecule has 1 heterocycles. The molecule has 0 atom stereocenters. The Hall–Kier alpha value is -0.620. The zero-order valence-corrected chi connectivity index (χ0v) is 10.0. The van der Waals surface area contributed by atoms with Crippen LogP contribution in [0.1, 0.15) is 5.56 Å². The Balaban J connectivity index is 2.62. The van der Waals surface area contributed by atoms with Crippen molar-refractivity contribution in [2.24, 2.45) is 0 Å². The van der Waals surface area contributed by atoms with E-state index in [1.54, 1.807) is 0 Å². The maximum atomic E-state index is 12.2. The minimum absolute atomic E-state index is 0.552. The molecule has 0 saturated carbocycles. The number of alkyl halides is 3. The fourth-order valence-corrected chi connectivity index (χ4v) is 1.86. The molecule has 0 aromatic carbocycles. The van der Waals surface area contributed by atoms with Gasteiger partial charge in [0.05, 0.1) is 10.6 Å². The summed E-state index contributed by atoms with van der Waals surface area (Å²) in [6, 6.07) is 2.39. The van der Waals surface area contributed by atoms with Gasteiger partial charge >= 0.3 is 6.18 Å². The predicted octanol–water partition coefficient (Wildman–Crippen LogP) is 3.68. The topological polar surface area (TPSA) is 12.9 Å². The number of hydrogen-bond donors (Lipinski definition) is 1. The van der Waals surface area contributed by atoms with Gasteiger partial charge in [-0.1, -0.05) is 12.2 Å². The van der Waals surface area contributed by atoms with Crippen LogP contribution in [0.3, 0.4) is 0 Å². The van der Waals surface area contributed by atoms with Crippen LogP contribution in [0.2, 0.25) is 0 Å². The first-order chi connectivity index (χ1) is 7.43. The van der Waals surface area contributed by atoms with E-state index in [0.29, 0.717) is 16.5 Å². The molecule has 6 heteroatoms. The van der Waals surface area contributed by atoms with Gasteiger partial charge in [-0.25, -0.2) is 4.98 Å². The molecule has 0 unspecified atom stereocenters. The average Bonchev–Trinajstić information content (AvgIpc) is 2.25. The number of pyridine rings is 1. The molecule has 0 aliphatic rings. The maximum Gasteiger partial charge on any atom is 0.417 e. The van der Waals surface area contributed by atoms with Crippen LogP contribution in [0.5, 0.6) is 0 Å². The molecule has 1 rings (SSSR count). The third kappa shape index (κ3) is 4.09. The van der Waals surface area contributed by atoms with Crippen molar-refractivity contribution < 1.29 is 13.2 Å². The first-order valence-corrected chi connectivity index (χ1v) is 5.99. The third-order valence-corrected chi connectivity index (χ3v) is 3.25. The molecule has 0 spiro atoms. The molecule has 1 aromatic heterocycles. The lowest BCUT2D eigenvalue weighted by Gasteiger charge is -2.06. The highest BCUT2D eigenvalue weighted by Gasteiger charge is 2.30. The number of aromatic nitrogens is 1. The van der Waals surface area contributed by atoms with Crippen molar-refractivity contribution in [1.29, 1.82) is 0 Å². The van der Waals surface area contributed by atoms with Crippen LogP contribution < -0.4 is 0 Å². The summed E-state index contributed by atoms with van der Waals surface area (Å²) in [7, 11) is 0. The molecule has 0 saturated heterocycles. The minimum atomic E-state index is -4.33. The number of hydrogen-bond acceptors (Lipinski definition) is 3. The number of rotatable bonds is 4. The van der Waals surface area contributed by atoms with E-state index in [9.17, 15) is 13.2 Å². The molecule has 0 fully saturated rings. The van der Waals surface area contributed by atoms with Gasteiger partial charge in [0.15, 0.2) is 0 Å². The fraction of sp³-hybridized carbons (Fsp3) is 0.300. The Morgan fingerprint density at radius 3 is 2.56 bits per heavy atom. The van der Waals surface area contributed by atoms with E-state index in [4.69, 9.17) is 0 Å². The number of thioether (sulfide) groups is 1. The van der Waals surface area contributed by atoms with E-state index in [2.05, 4.69) is 24.2 Å². The molecule has 0 radical (unpaired) electrons. The van der Waals surface area contributed by atoms with Crippen molar-refractivity contribution in [3.63, 3.8) is 0 Å². The highest BCUT2D eigenvalue weighted by atomic mass is 32.2. The van der Waals surface area contributed by atoms with Crippen molar-refractivity contribution in [2.75, 3.05) is 11.5 Å². The molecule has 0 bridgehead atoms. The lowest BCUT2D eigenvalue weighted by Crippen LogP contribution is -2.05. The van der Waals surface area contributed by atoms with Crippen LogP contribution in [0, 0.1) is 0 Å². The quantitative estimate of drug-likeness (QED) is 0.506. The van der Waals surface area contributed by atoms with Gasteiger partial charge in [0, 0.05) is 17.7 Å². The van der Waals surface area contributed by atoms with Gasteiger partial charge < -0.3 is 0 Å². The van der Waals surface area contributed by atoms with E-state index in [1.807, 2.05) is 0 Å². The summed E-state index contributed by atoms with van der Waals surface area (Å²) in [5, 5.41) is 0.552. The Kier molecular flexibility index (Phi) is 4.73. The van der Waals surface area contributed by atoms with Gasteiger partial charge in [-0.2, -0.15) is 25.8 Å². The molecule has 1 nitrogen and oxygen atoms in total. The van der Waals surface area contributed by atoms with Crippen molar-refractivity contribution in [1.82, 2.24) is 4.98 Å². The zero-order valence-electron chi connectivity index (χ0n) is 8.29. The van der Waals surface area contributed by atoms with Gasteiger partial charge in [0.2, 0.25) is 0 Å². The van der Waals surface area contributed by atoms with Gasteiger partial charge in [-0.05, 0) is 12.1 Å². The van der Waals surface area contributed by atoms with Crippen LogP contribution in [-0.2, 0) is 6.18 Å². The van der Waals surface area contributed by atoms with E-state index in [0.717, 1.165) is 17.8 Å². The summed E-state index contributed by atoms with van der Waals surface area (Å²) < 4.78 is 36.7. The summed E-state index contributed by atoms with van der Waals surface area (Å²) in [4.78, 5) is 3.73. The number of halogens is 3. The largest absolute Gasteiger partial charge is 0.417 e. The van der Waals surface area contributed by atoms with E-state index < -0.39 is 11.7 Å². The first-order valence-electron chi connectivity index (χ1n) is 4.37. The Bertz CT molecular complexity index is 359. The highest BCUT2D eigenvalue weighted by molar-refractivity contribution is 7.99. The van der Waals surface area contributed by atoms with Gasteiger partial charge in [-0.3, -0.25) is 0 Å². The van der Waals surface area contributed by atoms with Crippen molar-refractivity contribution in [2.45, 2.75) is 11.2 Å². The van der Waals surface area contributed by atoms with Crippen molar-refractivity contribution >= 4 is 24.4 Å². The second kappa shape index (κ2) is 5.63. The number of thiol groups is 1. The lowest BCUT2D eigenvalue weighted by molar-refractivity contribution is -0.137. The molecule has 0 N–H and O–H groups in total. The van der Waals surface area contributed by atoms with Crippen LogP contribution >= 0.6 is 24.4 Å². The van der Waals surface area contributed by atoms with Crippen molar-refractivity contribution in [3.05, 3.63) is 36.0 Å². The summed E-state index contributed by atoms with van der Waals surface area (Å²) in [5.41, 5.74) is 0.180. The van der Waals surface area contributed by atoms with Crippen LogP contribution in [0.25, 0.3) is 0 Å². The predicted molar refractivity (Wildman–Crippen MR) is 63.0 cm³/mol. The van der Waals surface area contributed by atoms with Gasteiger partial charge in [-0.15, -0.1) is 11.8 Å². The fourth-order valence-electron chi connectivity index (χ4n) is 0.855. The second-order valence-corrected chi connectivity index (χ2v) is 4.39. The monoisotopic (exact) mass is 265 g/mol. The smallest absolute Gasteiger partial charge is 0.249 e. The standard InChI is InChI=1S/C10H10F3NS2/c1-7(5-15)6-16-9-3-2-8(4-14-9)10(11,12)13/h2-4,15H,1,5-6H2. The summed E-state index contributed by atoms with van der Waals surface area (Å²) in [5.74, 6) is 1.18. The van der Waals surface area contributed by atoms with Crippen LogP contribution in [-0.4, -0.2) is 16.5 Å². The minimum Gasteiger partial charge on any atom is -0.249 e. The molecule has 16 heavy (non-hydrogen) atoms. The van der Waals surface area contributed by atoms with Crippen LogP contribution in [0.15, 0.2) is 35.5 Å². The van der Waals surface area contributed by atoms with E-state index in [1.165, 1.54) is 17.8 Å². The van der Waals surface area contributed by atoms with Crippen molar-refractivity contribution in [3.8, 4) is 0 Å². The first kappa shape index (κ1) is 13.4. The molecule has 0 aliphatic heterocycles. The Labute approximate surface area is 102 Å². The Morgan fingerprint density at radius 1 is 1.44 bits per heavy atom. The summed E-state index contributed by atoms with van der Waals surface area (Å²) >= 11 is 5.38. The average molecular weight is 265 g/mol. The van der Waals surface area contributed by atoms with Gasteiger partial charge in [0.1, 0.15) is 0 Å². The normalized spacial score (nSPS) is 11.5. The third-order valence-electron chi connectivity index (χ3n) is 1.71. The zero-order chi connectivity index (χ0) is 12.2. The molecular formula is C10H10F3NS2. The van der Waals surface area contributed by atoms with E-state index in [-0.39, 0.29) is 0 Å². The second-order valence-electron chi connectivity index (χ2n) is 3.08. The molecule has 88 valence electrons. The maximum absolute atomic E-state index is 12.2. The summed E-state index contributed by atoms with van der Waals surface area (Å²) in [6.45, 7) is 3.74. The highest BCUT2D eigenvalue weighted by Crippen LogP contribution is 2.29. The molecule has 1 aromatic rings. The SMILES string of the molecule is C=C(CS)CSc1ccc(C(F)(F)F)cn1. The summed E-state index contributed by atoms with van der Waals surface area (Å²) in [6.07, 6.45) is -3.49. The molecular weight excluding hydrogens is 255 g/mol. The number of nitrogens with zero attached hydrogens (tertiary/aromatic N) is 1. The lowest BCUT2D eigenvalue weighted by atomic mass is 10.3. The van der Waals surface area contributed by atoms with E-state index >= 15 is 0 Å². The van der Waals surface area contributed by atoms with Gasteiger partial charge in [0.25, 0.3) is 0 Å². The Morgan fingerprint density at radius 2 is 2.12 bits per heavy atom.